The highest BCUT2D eigenvalue weighted by molar-refractivity contribution is 5.96. The Bertz CT molecular complexity index is 476. The van der Waals surface area contributed by atoms with Crippen LogP contribution in [0.25, 0.3) is 0 Å². The summed E-state index contributed by atoms with van der Waals surface area (Å²) in [5, 5.41) is 11.7. The van der Waals surface area contributed by atoms with Crippen LogP contribution in [0.4, 0.5) is 0 Å². The van der Waals surface area contributed by atoms with Crippen molar-refractivity contribution in [1.82, 2.24) is 5.32 Å². The van der Waals surface area contributed by atoms with E-state index < -0.39 is 5.97 Å². The molecular formula is C14H15NO3. The zero-order chi connectivity index (χ0) is 13.0. The second kappa shape index (κ2) is 5.49. The largest absolute Gasteiger partial charge is 0.478 e. The van der Waals surface area contributed by atoms with Crippen molar-refractivity contribution >= 4 is 11.9 Å². The number of hydrogen-bond donors (Lipinski definition) is 2. The SMILES string of the molecule is O=C(O)c1ccc(C(=O)N[C@@H]2C=CCCC2)cc1. The molecule has 2 N–H and O–H groups in total. The highest BCUT2D eigenvalue weighted by Crippen LogP contribution is 2.11. The van der Waals surface area contributed by atoms with Crippen molar-refractivity contribution in [3.63, 3.8) is 0 Å². The van der Waals surface area contributed by atoms with E-state index in [1.807, 2.05) is 6.08 Å². The summed E-state index contributed by atoms with van der Waals surface area (Å²) in [7, 11) is 0. The van der Waals surface area contributed by atoms with Crippen LogP contribution in [-0.4, -0.2) is 23.0 Å². The fourth-order valence-corrected chi connectivity index (χ4v) is 1.95. The van der Waals surface area contributed by atoms with Crippen molar-refractivity contribution in [3.05, 3.63) is 47.5 Å². The van der Waals surface area contributed by atoms with Crippen molar-refractivity contribution in [2.75, 3.05) is 0 Å². The number of carboxylic acids is 1. The van der Waals surface area contributed by atoms with Gasteiger partial charge in [0.05, 0.1) is 5.56 Å². The third-order valence-corrected chi connectivity index (χ3v) is 2.96. The second-order valence-electron chi connectivity index (χ2n) is 4.32. The lowest BCUT2D eigenvalue weighted by molar-refractivity contribution is 0.0696. The first-order valence-electron chi connectivity index (χ1n) is 5.98. The smallest absolute Gasteiger partial charge is 0.335 e. The van der Waals surface area contributed by atoms with E-state index in [1.54, 1.807) is 0 Å². The van der Waals surface area contributed by atoms with Crippen molar-refractivity contribution in [3.8, 4) is 0 Å². The number of rotatable bonds is 3. The van der Waals surface area contributed by atoms with Gasteiger partial charge in [-0.3, -0.25) is 4.79 Å². The molecule has 1 amide bonds. The van der Waals surface area contributed by atoms with Gasteiger partial charge in [-0.1, -0.05) is 12.2 Å². The molecule has 0 fully saturated rings. The van der Waals surface area contributed by atoms with Gasteiger partial charge in [-0.2, -0.15) is 0 Å². The number of benzene rings is 1. The number of hydrogen-bond acceptors (Lipinski definition) is 2. The molecule has 0 saturated carbocycles. The van der Waals surface area contributed by atoms with Gasteiger partial charge in [0.1, 0.15) is 0 Å². The van der Waals surface area contributed by atoms with Gasteiger partial charge in [0, 0.05) is 11.6 Å². The Labute approximate surface area is 105 Å². The van der Waals surface area contributed by atoms with Crippen LogP contribution < -0.4 is 5.32 Å². The molecule has 4 heteroatoms. The molecule has 1 aliphatic rings. The quantitative estimate of drug-likeness (QED) is 0.802. The average Bonchev–Trinajstić information content (AvgIpc) is 2.40. The maximum Gasteiger partial charge on any atom is 0.335 e. The number of carboxylic acid groups (broad SMARTS) is 1. The molecular weight excluding hydrogens is 230 g/mol. The predicted molar refractivity (Wildman–Crippen MR) is 67.6 cm³/mol. The summed E-state index contributed by atoms with van der Waals surface area (Å²) in [5.74, 6) is -1.15. The number of carbonyl (C=O) groups excluding carboxylic acids is 1. The minimum atomic E-state index is -0.989. The Hall–Kier alpha value is -2.10. The first-order chi connectivity index (χ1) is 8.66. The van der Waals surface area contributed by atoms with E-state index in [2.05, 4.69) is 11.4 Å². The van der Waals surface area contributed by atoms with Crippen LogP contribution in [0.1, 0.15) is 40.0 Å². The first-order valence-corrected chi connectivity index (χ1v) is 5.98. The molecule has 0 saturated heterocycles. The lowest BCUT2D eigenvalue weighted by atomic mass is 10.0. The van der Waals surface area contributed by atoms with Crippen LogP contribution in [0, 0.1) is 0 Å². The first kappa shape index (κ1) is 12.4. The lowest BCUT2D eigenvalue weighted by Gasteiger charge is -2.17. The Kier molecular flexibility index (Phi) is 3.77. The second-order valence-corrected chi connectivity index (χ2v) is 4.32. The summed E-state index contributed by atoms with van der Waals surface area (Å²) in [4.78, 5) is 22.6. The highest BCUT2D eigenvalue weighted by atomic mass is 16.4. The number of carbonyl (C=O) groups is 2. The summed E-state index contributed by atoms with van der Waals surface area (Å²) in [6.45, 7) is 0. The van der Waals surface area contributed by atoms with E-state index in [0.717, 1.165) is 19.3 Å². The van der Waals surface area contributed by atoms with Crippen molar-refractivity contribution in [2.45, 2.75) is 25.3 Å². The molecule has 0 bridgehead atoms. The summed E-state index contributed by atoms with van der Waals surface area (Å²) < 4.78 is 0. The minimum absolute atomic E-state index is 0.0883. The van der Waals surface area contributed by atoms with Gasteiger partial charge in [-0.15, -0.1) is 0 Å². The Balaban J connectivity index is 2.02. The number of aromatic carboxylic acids is 1. The van der Waals surface area contributed by atoms with E-state index in [1.165, 1.54) is 24.3 Å². The Morgan fingerprint density at radius 1 is 1.17 bits per heavy atom. The molecule has 0 radical (unpaired) electrons. The van der Waals surface area contributed by atoms with Crippen LogP contribution in [0.2, 0.25) is 0 Å². The third kappa shape index (κ3) is 2.97. The molecule has 18 heavy (non-hydrogen) atoms. The molecule has 1 aromatic carbocycles. The molecule has 0 heterocycles. The van der Waals surface area contributed by atoms with Gasteiger partial charge in [-0.25, -0.2) is 4.79 Å². The fourth-order valence-electron chi connectivity index (χ4n) is 1.95. The van der Waals surface area contributed by atoms with Crippen LogP contribution >= 0.6 is 0 Å². The highest BCUT2D eigenvalue weighted by Gasteiger charge is 2.13. The molecule has 0 aliphatic heterocycles. The third-order valence-electron chi connectivity index (χ3n) is 2.96. The van der Waals surface area contributed by atoms with Gasteiger partial charge in [0.15, 0.2) is 0 Å². The Morgan fingerprint density at radius 2 is 1.83 bits per heavy atom. The topological polar surface area (TPSA) is 66.4 Å². The molecule has 0 unspecified atom stereocenters. The van der Waals surface area contributed by atoms with Crippen LogP contribution in [-0.2, 0) is 0 Å². The lowest BCUT2D eigenvalue weighted by Crippen LogP contribution is -2.34. The van der Waals surface area contributed by atoms with Crippen LogP contribution in [0.15, 0.2) is 36.4 Å². The molecule has 0 aromatic heterocycles. The van der Waals surface area contributed by atoms with E-state index in [4.69, 9.17) is 5.11 Å². The van der Waals surface area contributed by atoms with E-state index in [-0.39, 0.29) is 17.5 Å². The minimum Gasteiger partial charge on any atom is -0.478 e. The predicted octanol–water partition coefficient (Wildman–Crippen LogP) is 2.22. The Morgan fingerprint density at radius 3 is 2.39 bits per heavy atom. The van der Waals surface area contributed by atoms with E-state index in [0.29, 0.717) is 5.56 Å². The molecule has 4 nitrogen and oxygen atoms in total. The van der Waals surface area contributed by atoms with Gasteiger partial charge in [-0.05, 0) is 43.5 Å². The molecule has 1 atom stereocenters. The molecule has 1 aromatic rings. The van der Waals surface area contributed by atoms with Gasteiger partial charge < -0.3 is 10.4 Å². The standard InChI is InChI=1S/C14H15NO3/c16-13(15-12-4-2-1-3-5-12)10-6-8-11(9-7-10)14(17)18/h2,4,6-9,12H,1,3,5H2,(H,15,16)(H,17,18)/t12-/m1/s1. The van der Waals surface area contributed by atoms with Crippen LogP contribution in [0.5, 0.6) is 0 Å². The van der Waals surface area contributed by atoms with Crippen molar-refractivity contribution in [2.24, 2.45) is 0 Å². The number of amides is 1. The zero-order valence-corrected chi connectivity index (χ0v) is 9.93. The summed E-state index contributed by atoms with van der Waals surface area (Å²) in [5.41, 5.74) is 0.670. The summed E-state index contributed by atoms with van der Waals surface area (Å²) in [6.07, 6.45) is 7.18. The average molecular weight is 245 g/mol. The maximum atomic E-state index is 11.9. The van der Waals surface area contributed by atoms with E-state index in [9.17, 15) is 9.59 Å². The van der Waals surface area contributed by atoms with Crippen molar-refractivity contribution < 1.29 is 14.7 Å². The van der Waals surface area contributed by atoms with Gasteiger partial charge in [0.2, 0.25) is 0 Å². The summed E-state index contributed by atoms with van der Waals surface area (Å²) >= 11 is 0. The molecule has 2 rings (SSSR count). The van der Waals surface area contributed by atoms with Gasteiger partial charge >= 0.3 is 5.97 Å². The zero-order valence-electron chi connectivity index (χ0n) is 9.93. The summed E-state index contributed by atoms with van der Waals surface area (Å²) in [6, 6.07) is 6.03. The number of allylic oxidation sites excluding steroid dienone is 1. The molecule has 0 spiro atoms. The normalized spacial score (nSPS) is 18.3. The van der Waals surface area contributed by atoms with Crippen molar-refractivity contribution in [1.29, 1.82) is 0 Å². The monoisotopic (exact) mass is 245 g/mol. The van der Waals surface area contributed by atoms with E-state index >= 15 is 0 Å². The fraction of sp³-hybridized carbons (Fsp3) is 0.286. The van der Waals surface area contributed by atoms with Crippen LogP contribution in [0.3, 0.4) is 0 Å². The number of nitrogens with one attached hydrogen (secondary N) is 1. The molecule has 94 valence electrons. The molecule has 1 aliphatic carbocycles. The van der Waals surface area contributed by atoms with Gasteiger partial charge in [0.25, 0.3) is 5.91 Å². The maximum absolute atomic E-state index is 11.9.